The van der Waals surface area contributed by atoms with Gasteiger partial charge in [-0.25, -0.2) is 4.79 Å². The molecule has 22 heavy (non-hydrogen) atoms. The Kier molecular flexibility index (Phi) is 5.16. The van der Waals surface area contributed by atoms with Crippen LogP contribution in [0.25, 0.3) is 10.9 Å². The van der Waals surface area contributed by atoms with Gasteiger partial charge in [-0.05, 0) is 18.6 Å². The smallest absolute Gasteiger partial charge is 0.334 e. The van der Waals surface area contributed by atoms with Gasteiger partial charge in [0.25, 0.3) is 0 Å². The molecule has 2 N–H and O–H groups in total. The van der Waals surface area contributed by atoms with E-state index in [1.54, 1.807) is 0 Å². The van der Waals surface area contributed by atoms with Crippen LogP contribution in [0.3, 0.4) is 0 Å². The second-order valence-corrected chi connectivity index (χ2v) is 5.00. The second-order valence-electron chi connectivity index (χ2n) is 5.00. The number of hydrogen-bond acceptors (Lipinski definition) is 3. The Labute approximate surface area is 128 Å². The Hall–Kier alpha value is -2.34. The molecule has 0 bridgehead atoms. The number of carbonyl (C=O) groups excluding carboxylic acids is 1. The average Bonchev–Trinajstić information content (AvgIpc) is 2.86. The number of carbonyl (C=O) groups is 2. The molecule has 1 atom stereocenters. The lowest BCUT2D eigenvalue weighted by atomic mass is 10.1. The summed E-state index contributed by atoms with van der Waals surface area (Å²) in [7, 11) is 1.31. The molecule has 0 spiro atoms. The van der Waals surface area contributed by atoms with E-state index in [1.165, 1.54) is 7.11 Å². The molecule has 0 aliphatic rings. The van der Waals surface area contributed by atoms with Crippen molar-refractivity contribution in [1.29, 1.82) is 0 Å². The highest BCUT2D eigenvalue weighted by atomic mass is 16.5. The van der Waals surface area contributed by atoms with Gasteiger partial charge in [-0.2, -0.15) is 0 Å². The number of fused-ring (bicyclic) bond motifs is 1. The van der Waals surface area contributed by atoms with Gasteiger partial charge in [0, 0.05) is 30.8 Å². The van der Waals surface area contributed by atoms with Crippen molar-refractivity contribution in [3.63, 3.8) is 0 Å². The molecule has 2 aromatic rings. The molecule has 118 valence electrons. The number of methoxy groups -OCH3 is 1. The predicted molar refractivity (Wildman–Crippen MR) is 82.8 cm³/mol. The summed E-state index contributed by atoms with van der Waals surface area (Å²) in [6, 6.07) is 7.91. The van der Waals surface area contributed by atoms with Crippen molar-refractivity contribution in [2.75, 3.05) is 13.7 Å². The topological polar surface area (TPSA) is 80.6 Å². The SMILES string of the molecule is CCn1cc(CC(=O)NCC(OC)C(=O)O)c2ccccc21. The van der Waals surface area contributed by atoms with Crippen molar-refractivity contribution in [3.8, 4) is 0 Å². The lowest BCUT2D eigenvalue weighted by molar-refractivity contribution is -0.148. The van der Waals surface area contributed by atoms with Crippen LogP contribution in [0.15, 0.2) is 30.5 Å². The van der Waals surface area contributed by atoms with Crippen LogP contribution < -0.4 is 5.32 Å². The zero-order valence-electron chi connectivity index (χ0n) is 12.7. The molecule has 0 radical (unpaired) electrons. The Morgan fingerprint density at radius 3 is 2.73 bits per heavy atom. The van der Waals surface area contributed by atoms with Crippen LogP contribution >= 0.6 is 0 Å². The Morgan fingerprint density at radius 1 is 1.36 bits per heavy atom. The van der Waals surface area contributed by atoms with Crippen molar-refractivity contribution in [2.45, 2.75) is 26.0 Å². The van der Waals surface area contributed by atoms with E-state index < -0.39 is 12.1 Å². The van der Waals surface area contributed by atoms with Crippen LogP contribution in [0.2, 0.25) is 0 Å². The number of para-hydroxylation sites is 1. The molecule has 0 fully saturated rings. The van der Waals surface area contributed by atoms with Crippen LogP contribution in [0.1, 0.15) is 12.5 Å². The minimum atomic E-state index is -1.09. The number of aromatic nitrogens is 1. The average molecular weight is 304 g/mol. The van der Waals surface area contributed by atoms with Crippen LogP contribution in [-0.2, 0) is 27.3 Å². The molecule has 1 aromatic heterocycles. The third kappa shape index (κ3) is 3.46. The number of aliphatic carboxylic acids is 1. The number of carboxylic acid groups (broad SMARTS) is 1. The highest BCUT2D eigenvalue weighted by Gasteiger charge is 2.18. The van der Waals surface area contributed by atoms with Crippen LogP contribution in [-0.4, -0.2) is 41.3 Å². The third-order valence-electron chi connectivity index (χ3n) is 3.61. The third-order valence-corrected chi connectivity index (χ3v) is 3.61. The Morgan fingerprint density at radius 2 is 2.09 bits per heavy atom. The monoisotopic (exact) mass is 304 g/mol. The number of ether oxygens (including phenoxy) is 1. The maximum absolute atomic E-state index is 12.0. The number of hydrogen-bond donors (Lipinski definition) is 2. The lowest BCUT2D eigenvalue weighted by Gasteiger charge is -2.11. The van der Waals surface area contributed by atoms with Gasteiger partial charge in [0.2, 0.25) is 5.91 Å². The largest absolute Gasteiger partial charge is 0.479 e. The number of aryl methyl sites for hydroxylation is 1. The van der Waals surface area contributed by atoms with Gasteiger partial charge >= 0.3 is 5.97 Å². The molecule has 2 rings (SSSR count). The molecule has 1 amide bonds. The summed E-state index contributed by atoms with van der Waals surface area (Å²) in [5.41, 5.74) is 2.02. The molecule has 6 nitrogen and oxygen atoms in total. The standard InChI is InChI=1S/C16H20N2O4/c1-3-18-10-11(12-6-4-5-7-13(12)18)8-15(19)17-9-14(22-2)16(20)21/h4-7,10,14H,3,8-9H2,1-2H3,(H,17,19)(H,20,21). The van der Waals surface area contributed by atoms with E-state index in [0.29, 0.717) is 0 Å². The highest BCUT2D eigenvalue weighted by molar-refractivity contribution is 5.89. The van der Waals surface area contributed by atoms with E-state index in [4.69, 9.17) is 9.84 Å². The zero-order valence-corrected chi connectivity index (χ0v) is 12.7. The van der Waals surface area contributed by atoms with E-state index in [0.717, 1.165) is 23.0 Å². The molecular formula is C16H20N2O4. The van der Waals surface area contributed by atoms with E-state index >= 15 is 0 Å². The first kappa shape index (κ1) is 16.0. The summed E-state index contributed by atoms with van der Waals surface area (Å²) in [6.45, 7) is 2.83. The van der Waals surface area contributed by atoms with Crippen molar-refractivity contribution < 1.29 is 19.4 Å². The first-order valence-electron chi connectivity index (χ1n) is 7.15. The maximum atomic E-state index is 12.0. The predicted octanol–water partition coefficient (Wildman–Crippen LogP) is 1.42. The summed E-state index contributed by atoms with van der Waals surface area (Å²) >= 11 is 0. The van der Waals surface area contributed by atoms with Gasteiger partial charge in [0.05, 0.1) is 13.0 Å². The molecule has 1 aromatic carbocycles. The van der Waals surface area contributed by atoms with E-state index in [-0.39, 0.29) is 18.9 Å². The van der Waals surface area contributed by atoms with Crippen molar-refractivity contribution in [2.24, 2.45) is 0 Å². The van der Waals surface area contributed by atoms with E-state index in [9.17, 15) is 9.59 Å². The van der Waals surface area contributed by atoms with Crippen LogP contribution in [0, 0.1) is 0 Å². The molecule has 1 heterocycles. The van der Waals surface area contributed by atoms with Crippen LogP contribution in [0.5, 0.6) is 0 Å². The van der Waals surface area contributed by atoms with Gasteiger partial charge in [0.15, 0.2) is 6.10 Å². The summed E-state index contributed by atoms with van der Waals surface area (Å²) < 4.78 is 6.88. The summed E-state index contributed by atoms with van der Waals surface area (Å²) in [4.78, 5) is 22.9. The fraction of sp³-hybridized carbons (Fsp3) is 0.375. The number of amides is 1. The van der Waals surface area contributed by atoms with E-state index in [1.807, 2.05) is 37.4 Å². The summed E-state index contributed by atoms with van der Waals surface area (Å²) in [6.07, 6.45) is 1.15. The number of nitrogens with one attached hydrogen (secondary N) is 1. The number of nitrogens with zero attached hydrogens (tertiary/aromatic N) is 1. The van der Waals surface area contributed by atoms with E-state index in [2.05, 4.69) is 9.88 Å². The van der Waals surface area contributed by atoms with Gasteiger partial charge < -0.3 is 19.7 Å². The molecule has 1 unspecified atom stereocenters. The van der Waals surface area contributed by atoms with Crippen molar-refractivity contribution >= 4 is 22.8 Å². The van der Waals surface area contributed by atoms with Crippen LogP contribution in [0.4, 0.5) is 0 Å². The maximum Gasteiger partial charge on any atom is 0.334 e. The first-order valence-corrected chi connectivity index (χ1v) is 7.15. The molecule has 0 saturated heterocycles. The molecular weight excluding hydrogens is 284 g/mol. The molecule has 0 aliphatic heterocycles. The second kappa shape index (κ2) is 7.09. The fourth-order valence-corrected chi connectivity index (χ4v) is 2.44. The normalized spacial score (nSPS) is 12.3. The molecule has 6 heteroatoms. The van der Waals surface area contributed by atoms with Gasteiger partial charge in [0.1, 0.15) is 0 Å². The zero-order chi connectivity index (χ0) is 16.1. The first-order chi connectivity index (χ1) is 10.6. The fourth-order valence-electron chi connectivity index (χ4n) is 2.44. The number of rotatable bonds is 7. The van der Waals surface area contributed by atoms with Gasteiger partial charge in [-0.1, -0.05) is 18.2 Å². The number of carboxylic acids is 1. The minimum Gasteiger partial charge on any atom is -0.479 e. The minimum absolute atomic E-state index is 0.0446. The quantitative estimate of drug-likeness (QED) is 0.810. The number of benzene rings is 1. The summed E-state index contributed by atoms with van der Waals surface area (Å²) in [5.74, 6) is -1.31. The van der Waals surface area contributed by atoms with Crippen molar-refractivity contribution in [1.82, 2.24) is 9.88 Å². The highest BCUT2D eigenvalue weighted by Crippen LogP contribution is 2.21. The van der Waals surface area contributed by atoms with Gasteiger partial charge in [-0.15, -0.1) is 0 Å². The summed E-state index contributed by atoms with van der Waals surface area (Å²) in [5, 5.41) is 12.5. The molecule has 0 saturated carbocycles. The Balaban J connectivity index is 2.07. The van der Waals surface area contributed by atoms with Gasteiger partial charge in [-0.3, -0.25) is 4.79 Å². The molecule has 0 aliphatic carbocycles. The van der Waals surface area contributed by atoms with Crippen molar-refractivity contribution in [3.05, 3.63) is 36.0 Å². The lowest BCUT2D eigenvalue weighted by Crippen LogP contribution is -2.38. The Bertz CT molecular complexity index is 678.